The lowest BCUT2D eigenvalue weighted by Crippen LogP contribution is -2.45. The molecule has 0 aromatic rings. The highest BCUT2D eigenvalue weighted by Gasteiger charge is 2.65. The van der Waals surface area contributed by atoms with Crippen LogP contribution in [0, 0.1) is 0 Å². The lowest BCUT2D eigenvalue weighted by molar-refractivity contribution is -0.281. The first-order valence-electron chi connectivity index (χ1n) is 10.2. The van der Waals surface area contributed by atoms with Crippen molar-refractivity contribution in [1.29, 1.82) is 0 Å². The van der Waals surface area contributed by atoms with Crippen molar-refractivity contribution in [2.24, 2.45) is 0 Å². The molecule has 0 rings (SSSR count). The fourth-order valence-electron chi connectivity index (χ4n) is 1.78. The highest BCUT2D eigenvalue weighted by Crippen LogP contribution is 2.37. The summed E-state index contributed by atoms with van der Waals surface area (Å²) < 4.78 is 154. The van der Waals surface area contributed by atoms with Gasteiger partial charge in [0.05, 0.1) is 66.1 Å². The highest BCUT2D eigenvalue weighted by molar-refractivity contribution is 5.79. The molecule has 0 aromatic carbocycles. The molecule has 9 nitrogen and oxygen atoms in total. The summed E-state index contributed by atoms with van der Waals surface area (Å²) in [6.07, 6.45) is -12.1. The first kappa shape index (κ1) is 35.0. The third-order valence-electron chi connectivity index (χ3n) is 3.63. The van der Waals surface area contributed by atoms with Crippen LogP contribution in [-0.2, 0) is 42.7 Å². The van der Waals surface area contributed by atoms with Crippen molar-refractivity contribution in [3.05, 3.63) is 0 Å². The molecule has 0 saturated heterocycles. The second kappa shape index (κ2) is 16.8. The Morgan fingerprint density at radius 1 is 0.378 bits per heavy atom. The molecule has 0 saturated carbocycles. The number of halogens is 10. The van der Waals surface area contributed by atoms with Crippen molar-refractivity contribution in [2.75, 3.05) is 79.3 Å². The molecule has 0 N–H and O–H groups in total. The third-order valence-corrected chi connectivity index (χ3v) is 3.63. The van der Waals surface area contributed by atoms with E-state index in [1.54, 1.807) is 0 Å². The number of carbonyl (C=O) groups excluding carboxylic acids is 2. The maximum Gasteiger partial charge on any atom is 0.465 e. The van der Waals surface area contributed by atoms with Crippen LogP contribution >= 0.6 is 0 Å². The Balaban J connectivity index is 3.45. The summed E-state index contributed by atoms with van der Waals surface area (Å²) in [7, 11) is 0. The van der Waals surface area contributed by atoms with Crippen LogP contribution in [0.25, 0.3) is 0 Å². The fraction of sp³-hybridized carbons (Fsp3) is 0.889. The lowest BCUT2D eigenvalue weighted by Gasteiger charge is -2.17. The molecule has 0 aliphatic carbocycles. The predicted octanol–water partition coefficient (Wildman–Crippen LogP) is 2.55. The van der Waals surface area contributed by atoms with Gasteiger partial charge in [0.1, 0.15) is 13.2 Å². The van der Waals surface area contributed by atoms with E-state index in [0.717, 1.165) is 0 Å². The van der Waals surface area contributed by atoms with Crippen LogP contribution in [0.4, 0.5) is 43.9 Å². The second-order valence-electron chi connectivity index (χ2n) is 6.48. The molecule has 0 fully saturated rings. The summed E-state index contributed by atoms with van der Waals surface area (Å²) in [5, 5.41) is 0. The Hall–Kier alpha value is -1.96. The van der Waals surface area contributed by atoms with Crippen LogP contribution in [0.15, 0.2) is 0 Å². The molecule has 37 heavy (non-hydrogen) atoms. The van der Waals surface area contributed by atoms with E-state index in [1.807, 2.05) is 0 Å². The Kier molecular flexibility index (Phi) is 15.9. The Morgan fingerprint density at radius 3 is 0.757 bits per heavy atom. The van der Waals surface area contributed by atoms with Gasteiger partial charge in [0.2, 0.25) is 0 Å². The van der Waals surface area contributed by atoms with E-state index < -0.39 is 62.6 Å². The zero-order chi connectivity index (χ0) is 28.6. The quantitative estimate of drug-likeness (QED) is 0.124. The van der Waals surface area contributed by atoms with Gasteiger partial charge in [-0.1, -0.05) is 0 Å². The predicted molar refractivity (Wildman–Crippen MR) is 98.0 cm³/mol. The van der Waals surface area contributed by atoms with Crippen molar-refractivity contribution in [3.8, 4) is 0 Å². The number of esters is 2. The summed E-state index contributed by atoms with van der Waals surface area (Å²) >= 11 is 0. The average Bonchev–Trinajstić information content (AvgIpc) is 2.78. The van der Waals surface area contributed by atoms with Crippen LogP contribution in [0.1, 0.15) is 0 Å². The van der Waals surface area contributed by atoms with E-state index in [1.165, 1.54) is 0 Å². The van der Waals surface area contributed by atoms with Gasteiger partial charge in [0.25, 0.3) is 0 Å². The van der Waals surface area contributed by atoms with Crippen molar-refractivity contribution in [2.45, 2.75) is 24.2 Å². The highest BCUT2D eigenvalue weighted by atomic mass is 19.4. The molecule has 0 spiro atoms. The van der Waals surface area contributed by atoms with E-state index in [4.69, 9.17) is 23.7 Å². The van der Waals surface area contributed by atoms with Crippen LogP contribution in [0.2, 0.25) is 0 Å². The number of hydrogen-bond acceptors (Lipinski definition) is 9. The van der Waals surface area contributed by atoms with E-state index >= 15 is 0 Å². The van der Waals surface area contributed by atoms with E-state index in [-0.39, 0.29) is 52.9 Å². The maximum absolute atomic E-state index is 12.6. The summed E-state index contributed by atoms with van der Waals surface area (Å²) in [6, 6.07) is 0. The summed E-state index contributed by atoms with van der Waals surface area (Å²) in [6.45, 7) is -2.08. The van der Waals surface area contributed by atoms with E-state index in [2.05, 4.69) is 9.47 Å². The van der Waals surface area contributed by atoms with Gasteiger partial charge in [-0.2, -0.15) is 43.9 Å². The van der Waals surface area contributed by atoms with Gasteiger partial charge in [-0.05, 0) is 0 Å². The molecule has 0 aromatic heterocycles. The Morgan fingerprint density at radius 2 is 0.568 bits per heavy atom. The minimum atomic E-state index is -6.06. The van der Waals surface area contributed by atoms with Crippen LogP contribution in [-0.4, -0.2) is 115 Å². The third kappa shape index (κ3) is 14.0. The number of ether oxygens (including phenoxy) is 7. The van der Waals surface area contributed by atoms with Gasteiger partial charge in [-0.25, -0.2) is 9.59 Å². The molecule has 0 unspecified atom stereocenters. The van der Waals surface area contributed by atoms with Gasteiger partial charge in [0, 0.05) is 0 Å². The largest absolute Gasteiger partial charge is 0.465 e. The van der Waals surface area contributed by atoms with Gasteiger partial charge < -0.3 is 33.2 Å². The van der Waals surface area contributed by atoms with E-state index in [0.29, 0.717) is 0 Å². The average molecular weight is 574 g/mol. The summed E-state index contributed by atoms with van der Waals surface area (Å²) in [4.78, 5) is 21.4. The zero-order valence-electron chi connectivity index (χ0n) is 18.9. The maximum atomic E-state index is 12.6. The van der Waals surface area contributed by atoms with Crippen molar-refractivity contribution in [1.82, 2.24) is 0 Å². The monoisotopic (exact) mass is 574 g/mol. The van der Waals surface area contributed by atoms with Gasteiger partial charge in [-0.3, -0.25) is 0 Å². The minimum absolute atomic E-state index is 0.0208. The topological polar surface area (TPSA) is 98.8 Å². The van der Waals surface area contributed by atoms with Crippen molar-refractivity contribution >= 4 is 11.9 Å². The van der Waals surface area contributed by atoms with Crippen LogP contribution in [0.3, 0.4) is 0 Å². The number of hydrogen-bond donors (Lipinski definition) is 0. The molecule has 0 radical (unpaired) electrons. The molecular formula is C18H24F10O9. The molecule has 0 aliphatic rings. The Bertz CT molecular complexity index is 603. The molecule has 19 heteroatoms. The van der Waals surface area contributed by atoms with Crippen molar-refractivity contribution in [3.63, 3.8) is 0 Å². The van der Waals surface area contributed by atoms with Crippen molar-refractivity contribution < 1.29 is 86.7 Å². The molecule has 0 amide bonds. The standard InChI is InChI=1S/C18H24F10O9/c19-15(20,17(23,24)25)13(29)36-11-9-34-7-5-32-3-1-31-2-4-33-6-8-35-10-12-37-14(30)16(21,22)18(26,27)28/h1-12H2. The summed E-state index contributed by atoms with van der Waals surface area (Å²) in [5.41, 5.74) is 0. The fourth-order valence-corrected chi connectivity index (χ4v) is 1.78. The first-order chi connectivity index (χ1) is 17.0. The second-order valence-corrected chi connectivity index (χ2v) is 6.48. The van der Waals surface area contributed by atoms with Gasteiger partial charge >= 0.3 is 36.1 Å². The lowest BCUT2D eigenvalue weighted by atomic mass is 10.3. The summed E-state index contributed by atoms with van der Waals surface area (Å²) in [5.74, 6) is -16.7. The molecule has 0 bridgehead atoms. The molecular weight excluding hydrogens is 550 g/mol. The molecule has 0 heterocycles. The SMILES string of the molecule is O=C(OCCOCCOCCOCCOCCOCCOC(=O)C(F)(F)C(F)(F)F)C(F)(F)C(F)(F)F. The smallest absolute Gasteiger partial charge is 0.459 e. The van der Waals surface area contributed by atoms with Crippen LogP contribution in [0.5, 0.6) is 0 Å². The normalized spacial score (nSPS) is 13.0. The molecule has 220 valence electrons. The van der Waals surface area contributed by atoms with Gasteiger partial charge in [0.15, 0.2) is 0 Å². The number of carbonyl (C=O) groups is 2. The zero-order valence-corrected chi connectivity index (χ0v) is 18.9. The molecule has 0 aliphatic heterocycles. The first-order valence-corrected chi connectivity index (χ1v) is 10.2. The van der Waals surface area contributed by atoms with Gasteiger partial charge in [-0.15, -0.1) is 0 Å². The number of alkyl halides is 10. The molecule has 0 atom stereocenters. The minimum Gasteiger partial charge on any atom is -0.459 e. The van der Waals surface area contributed by atoms with Crippen LogP contribution < -0.4 is 0 Å². The number of rotatable bonds is 20. The Labute approximate surface area is 203 Å². The van der Waals surface area contributed by atoms with E-state index in [9.17, 15) is 53.5 Å².